The number of nitrogens with zero attached hydrogens (tertiary/aromatic N) is 1. The molecule has 13 heteroatoms. The van der Waals surface area contributed by atoms with Crippen LogP contribution >= 0.6 is 0 Å². The minimum Gasteiger partial charge on any atom is -0.481 e. The lowest BCUT2D eigenvalue weighted by molar-refractivity contribution is -0.147. The molecule has 13 nitrogen and oxygen atoms in total. The minimum atomic E-state index is -1.02. The second-order valence-corrected chi connectivity index (χ2v) is 11.8. The summed E-state index contributed by atoms with van der Waals surface area (Å²) in [6.45, 7) is 7.02. The van der Waals surface area contributed by atoms with Crippen molar-refractivity contribution < 1.29 is 48.4 Å². The molecule has 0 spiro atoms. The summed E-state index contributed by atoms with van der Waals surface area (Å²) in [6, 6.07) is 0. The van der Waals surface area contributed by atoms with Gasteiger partial charge in [0.25, 0.3) is 5.91 Å². The number of likely N-dealkylation sites (tertiary alicyclic amines) is 1. The van der Waals surface area contributed by atoms with E-state index in [2.05, 4.69) is 5.32 Å². The van der Waals surface area contributed by atoms with E-state index in [1.165, 1.54) is 33.3 Å². The number of carbonyl (C=O) groups is 5. The number of fused-ring (bicyclic) bond motifs is 2. The first-order chi connectivity index (χ1) is 21.2. The number of carboxylic acid groups (broad SMARTS) is 1. The molecule has 2 aliphatic heterocycles. The maximum Gasteiger partial charge on any atom is 0.405 e. The van der Waals surface area contributed by atoms with Gasteiger partial charge in [-0.25, -0.2) is 4.79 Å². The summed E-state index contributed by atoms with van der Waals surface area (Å²) in [5, 5.41) is 23.2. The van der Waals surface area contributed by atoms with E-state index in [9.17, 15) is 34.2 Å². The number of ether oxygens (including phenoxy) is 3. The first-order valence-corrected chi connectivity index (χ1v) is 14.7. The van der Waals surface area contributed by atoms with Crippen LogP contribution in [0.2, 0.25) is 0 Å². The molecule has 3 aliphatic rings. The number of carboxylic acids is 1. The number of ketones is 2. The van der Waals surface area contributed by atoms with Gasteiger partial charge in [0, 0.05) is 50.4 Å². The molecule has 45 heavy (non-hydrogen) atoms. The molecule has 0 aromatic rings. The number of aliphatic carboxylic acids is 1. The van der Waals surface area contributed by atoms with E-state index in [-0.39, 0.29) is 48.0 Å². The number of aliphatic hydroxyl groups is 1. The molecule has 0 saturated carbocycles. The molecular formula is C32H43N3O10. The number of nitrogens with two attached hydrogens (primary N) is 1. The number of primary amides is 1. The Balaban J connectivity index is 2.07. The van der Waals surface area contributed by atoms with Gasteiger partial charge in [0.2, 0.25) is 11.6 Å². The highest BCUT2D eigenvalue weighted by Gasteiger charge is 2.41. The molecule has 2 bridgehead atoms. The number of carbonyl (C=O) groups excluding carboxylic acids is 4. The molecule has 2 amide bonds. The van der Waals surface area contributed by atoms with Crippen LogP contribution in [0.5, 0.6) is 0 Å². The van der Waals surface area contributed by atoms with Crippen LogP contribution in [0, 0.1) is 17.8 Å². The molecule has 0 aromatic carbocycles. The van der Waals surface area contributed by atoms with E-state index in [0.29, 0.717) is 12.0 Å². The number of nitrogens with one attached hydrogen (secondary N) is 1. The Morgan fingerprint density at radius 1 is 1.09 bits per heavy atom. The van der Waals surface area contributed by atoms with Gasteiger partial charge >= 0.3 is 12.1 Å². The smallest absolute Gasteiger partial charge is 0.405 e. The zero-order valence-electron chi connectivity index (χ0n) is 26.4. The van der Waals surface area contributed by atoms with Gasteiger partial charge in [-0.05, 0) is 38.2 Å². The topological polar surface area (TPSA) is 195 Å². The van der Waals surface area contributed by atoms with Gasteiger partial charge in [0.15, 0.2) is 6.10 Å². The second kappa shape index (κ2) is 15.3. The minimum absolute atomic E-state index is 0.0802. The molecular weight excluding hydrogens is 586 g/mol. The normalized spacial score (nSPS) is 32.4. The monoisotopic (exact) mass is 629 g/mol. The first-order valence-electron chi connectivity index (χ1n) is 14.7. The van der Waals surface area contributed by atoms with Crippen LogP contribution in [0.15, 0.2) is 58.5 Å². The summed E-state index contributed by atoms with van der Waals surface area (Å²) in [6.07, 6.45) is 3.30. The van der Waals surface area contributed by atoms with E-state index in [4.69, 9.17) is 19.9 Å². The summed E-state index contributed by atoms with van der Waals surface area (Å²) in [5.41, 5.74) is 6.20. The molecule has 0 radical (unpaired) electrons. The van der Waals surface area contributed by atoms with E-state index in [1.807, 2.05) is 6.92 Å². The highest BCUT2D eigenvalue weighted by molar-refractivity contribution is 6.23. The van der Waals surface area contributed by atoms with Gasteiger partial charge in [-0.15, -0.1) is 0 Å². The Kier molecular flexibility index (Phi) is 12.0. The van der Waals surface area contributed by atoms with Crippen LogP contribution in [0.25, 0.3) is 0 Å². The maximum absolute atomic E-state index is 13.8. The summed E-state index contributed by atoms with van der Waals surface area (Å²) in [4.78, 5) is 64.9. The number of aliphatic hydroxyl groups excluding tert-OH is 1. The van der Waals surface area contributed by atoms with E-state index < -0.39 is 65.8 Å². The van der Waals surface area contributed by atoms with Crippen molar-refractivity contribution in [3.63, 3.8) is 0 Å². The summed E-state index contributed by atoms with van der Waals surface area (Å²) < 4.78 is 16.6. The van der Waals surface area contributed by atoms with Crippen LogP contribution in [-0.4, -0.2) is 96.4 Å². The zero-order valence-corrected chi connectivity index (χ0v) is 26.4. The van der Waals surface area contributed by atoms with Crippen molar-refractivity contribution in [2.45, 2.75) is 65.0 Å². The molecule has 3 rings (SSSR count). The highest BCUT2D eigenvalue weighted by Crippen LogP contribution is 2.33. The van der Waals surface area contributed by atoms with Crippen LogP contribution in [0.1, 0.15) is 40.5 Å². The fourth-order valence-corrected chi connectivity index (χ4v) is 5.73. The Labute approximate surface area is 262 Å². The molecule has 6 atom stereocenters. The van der Waals surface area contributed by atoms with E-state index in [0.717, 1.165) is 6.08 Å². The van der Waals surface area contributed by atoms with Gasteiger partial charge in [0.1, 0.15) is 6.10 Å². The highest BCUT2D eigenvalue weighted by atomic mass is 16.6. The molecule has 5 N–H and O–H groups in total. The first kappa shape index (κ1) is 35.4. The van der Waals surface area contributed by atoms with Gasteiger partial charge in [0.05, 0.1) is 29.5 Å². The van der Waals surface area contributed by atoms with Crippen molar-refractivity contribution in [2.75, 3.05) is 27.3 Å². The molecule has 0 aromatic heterocycles. The Morgan fingerprint density at radius 3 is 2.33 bits per heavy atom. The van der Waals surface area contributed by atoms with Crippen LogP contribution in [-0.2, 0) is 33.4 Å². The third kappa shape index (κ3) is 8.56. The number of rotatable bonds is 5. The average molecular weight is 630 g/mol. The zero-order chi connectivity index (χ0) is 33.6. The Bertz CT molecular complexity index is 1350. The molecule has 2 heterocycles. The lowest BCUT2D eigenvalue weighted by Crippen LogP contribution is -2.52. The van der Waals surface area contributed by atoms with Gasteiger partial charge in [-0.2, -0.15) is 0 Å². The summed E-state index contributed by atoms with van der Waals surface area (Å²) in [5.74, 6) is -4.09. The van der Waals surface area contributed by atoms with Crippen molar-refractivity contribution in [3.8, 4) is 0 Å². The largest absolute Gasteiger partial charge is 0.481 e. The van der Waals surface area contributed by atoms with Gasteiger partial charge in [-0.1, -0.05) is 38.2 Å². The predicted molar refractivity (Wildman–Crippen MR) is 162 cm³/mol. The summed E-state index contributed by atoms with van der Waals surface area (Å²) in [7, 11) is 2.88. The van der Waals surface area contributed by atoms with E-state index >= 15 is 0 Å². The third-order valence-electron chi connectivity index (χ3n) is 8.31. The quantitative estimate of drug-likeness (QED) is 0.256. The van der Waals surface area contributed by atoms with Crippen molar-refractivity contribution in [3.05, 3.63) is 58.5 Å². The standard InChI is InChI=1S/C32H43N3O10/c1-16-10-21-26(35-14-20(15-35)31(40)41)23(36)13-22(28(21)38)34-30(39)17(2)8-7-9-24(43-5)29(45-32(33)42)19(4)12-18(3)27(37)25(11-16)44-6/h7-9,12-13,16,18,20,24-25,27,29,37H,10-11,14-15H2,1-6H3,(H2,33,42)(H,34,39)(H,40,41)/b9-7-,17-8+,19-12+/t16-,18+,24+,25+,27-,29+/m1/s1. The van der Waals surface area contributed by atoms with Crippen LogP contribution in [0.4, 0.5) is 4.79 Å². The van der Waals surface area contributed by atoms with Gasteiger partial charge in [-0.3, -0.25) is 19.2 Å². The number of allylic oxidation sites excluding steroid dienone is 4. The SMILES string of the molecule is CO[C@H]1/C=C\C=C(/C)C(=O)NC2=CC(=O)C(N3CC(C(=O)O)C3)=C(C[C@@H](C)C[C@H](OC)[C@H](O)[C@@H](C)/C=C(\C)[C@@H]1OC(N)=O)C2=O. The summed E-state index contributed by atoms with van der Waals surface area (Å²) >= 11 is 0. The molecule has 246 valence electrons. The van der Waals surface area contributed by atoms with E-state index in [1.54, 1.807) is 30.9 Å². The molecule has 1 fully saturated rings. The van der Waals surface area contributed by atoms with Crippen molar-refractivity contribution in [1.82, 2.24) is 10.2 Å². The number of amides is 2. The molecule has 1 aliphatic carbocycles. The lowest BCUT2D eigenvalue weighted by atomic mass is 9.84. The Morgan fingerprint density at radius 2 is 1.76 bits per heavy atom. The van der Waals surface area contributed by atoms with Crippen molar-refractivity contribution >= 4 is 29.5 Å². The van der Waals surface area contributed by atoms with Crippen molar-refractivity contribution in [1.29, 1.82) is 0 Å². The average Bonchev–Trinajstić information content (AvgIpc) is 2.94. The third-order valence-corrected chi connectivity index (χ3v) is 8.31. The molecule has 1 saturated heterocycles. The number of Topliss-reactive ketones (excluding diaryl/α,β-unsaturated/α-hetero) is 1. The maximum atomic E-state index is 13.8. The van der Waals surface area contributed by atoms with Crippen LogP contribution < -0.4 is 11.1 Å². The number of hydrogen-bond donors (Lipinski definition) is 4. The fourth-order valence-electron chi connectivity index (χ4n) is 5.73. The van der Waals surface area contributed by atoms with Crippen molar-refractivity contribution in [2.24, 2.45) is 23.5 Å². The van der Waals surface area contributed by atoms with Gasteiger partial charge < -0.3 is 40.4 Å². The fraction of sp³-hybridized carbons (Fsp3) is 0.531. The predicted octanol–water partition coefficient (Wildman–Crippen LogP) is 1.78. The second-order valence-electron chi connectivity index (χ2n) is 11.8. The number of hydrogen-bond acceptors (Lipinski definition) is 10. The van der Waals surface area contributed by atoms with Crippen LogP contribution in [0.3, 0.4) is 0 Å². The Hall–Kier alpha value is -4.07. The lowest BCUT2D eigenvalue weighted by Gasteiger charge is -2.41. The number of methoxy groups -OCH3 is 2. The molecule has 0 unspecified atom stereocenters.